The van der Waals surface area contributed by atoms with Gasteiger partial charge in [-0.1, -0.05) is 36.8 Å². The molecule has 2 saturated carbocycles. The van der Waals surface area contributed by atoms with Gasteiger partial charge in [-0.3, -0.25) is 9.59 Å². The second-order valence-corrected chi connectivity index (χ2v) is 6.82. The number of aryl methyl sites for hydroxylation is 1. The zero-order chi connectivity index (χ0) is 15.9. The third kappa shape index (κ3) is 3.16. The fourth-order valence-electron chi connectivity index (χ4n) is 3.13. The van der Waals surface area contributed by atoms with E-state index in [2.05, 4.69) is 25.1 Å². The monoisotopic (exact) mass is 301 g/mol. The first-order chi connectivity index (χ1) is 10.5. The predicted molar refractivity (Wildman–Crippen MR) is 83.6 cm³/mol. The molecule has 1 unspecified atom stereocenters. The van der Waals surface area contributed by atoms with Crippen LogP contribution >= 0.6 is 0 Å². The molecule has 0 aromatic heterocycles. The van der Waals surface area contributed by atoms with E-state index in [1.165, 1.54) is 11.1 Å². The van der Waals surface area contributed by atoms with Crippen molar-refractivity contribution < 1.29 is 14.7 Å². The summed E-state index contributed by atoms with van der Waals surface area (Å²) in [6.07, 6.45) is 2.92. The van der Waals surface area contributed by atoms with Gasteiger partial charge in [0.1, 0.15) is 0 Å². The molecule has 118 valence electrons. The van der Waals surface area contributed by atoms with Crippen LogP contribution in [-0.2, 0) is 9.59 Å². The smallest absolute Gasteiger partial charge is 0.308 e. The zero-order valence-corrected chi connectivity index (χ0v) is 13.2. The van der Waals surface area contributed by atoms with E-state index in [-0.39, 0.29) is 17.9 Å². The highest BCUT2D eigenvalue weighted by Crippen LogP contribution is 2.49. The van der Waals surface area contributed by atoms with Gasteiger partial charge in [0.05, 0.1) is 5.92 Å². The first-order valence-electron chi connectivity index (χ1n) is 8.07. The summed E-state index contributed by atoms with van der Waals surface area (Å²) in [5.74, 6) is -0.815. The number of hydrogen-bond donors (Lipinski definition) is 1. The topological polar surface area (TPSA) is 57.6 Å². The van der Waals surface area contributed by atoms with Gasteiger partial charge in [-0.25, -0.2) is 0 Å². The first kappa shape index (κ1) is 15.1. The zero-order valence-electron chi connectivity index (χ0n) is 13.2. The normalized spacial score (nSPS) is 24.6. The molecule has 0 spiro atoms. The van der Waals surface area contributed by atoms with Crippen molar-refractivity contribution in [2.45, 2.75) is 45.1 Å². The van der Waals surface area contributed by atoms with Crippen LogP contribution < -0.4 is 0 Å². The highest BCUT2D eigenvalue weighted by Gasteiger charge is 2.48. The van der Waals surface area contributed by atoms with E-state index in [1.807, 2.05) is 11.0 Å². The summed E-state index contributed by atoms with van der Waals surface area (Å²) in [7, 11) is 0. The summed E-state index contributed by atoms with van der Waals surface area (Å²) in [4.78, 5) is 25.7. The lowest BCUT2D eigenvalue weighted by atomic mass is 10.1. The molecular formula is C18H23NO3. The third-order valence-corrected chi connectivity index (χ3v) is 4.74. The molecule has 22 heavy (non-hydrogen) atoms. The number of carboxylic acid groups (broad SMARTS) is 1. The molecule has 4 heteroatoms. The van der Waals surface area contributed by atoms with Gasteiger partial charge in [0.2, 0.25) is 5.91 Å². The maximum atomic E-state index is 12.7. The largest absolute Gasteiger partial charge is 0.481 e. The molecule has 1 aromatic carbocycles. The minimum atomic E-state index is -0.829. The average Bonchev–Trinajstić information content (AvgIpc) is 3.37. The lowest BCUT2D eigenvalue weighted by Gasteiger charge is -2.24. The second-order valence-electron chi connectivity index (χ2n) is 6.82. The van der Waals surface area contributed by atoms with Gasteiger partial charge < -0.3 is 10.0 Å². The third-order valence-electron chi connectivity index (χ3n) is 4.74. The second kappa shape index (κ2) is 5.75. The molecule has 2 aliphatic rings. The van der Waals surface area contributed by atoms with Crippen molar-refractivity contribution in [1.29, 1.82) is 0 Å². The van der Waals surface area contributed by atoms with Crippen LogP contribution in [0.4, 0.5) is 0 Å². The number of carboxylic acids is 1. The Bertz CT molecular complexity index is 594. The highest BCUT2D eigenvalue weighted by molar-refractivity contribution is 5.84. The van der Waals surface area contributed by atoms with E-state index in [9.17, 15) is 9.59 Å². The van der Waals surface area contributed by atoms with Gasteiger partial charge in [0.15, 0.2) is 0 Å². The molecule has 0 saturated heterocycles. The SMILES string of the molecule is Cc1cccc([C@@H]2C[C@H]2C(=O)N(CC(C)C(=O)O)C2CC2)c1. The molecule has 0 radical (unpaired) electrons. The van der Waals surface area contributed by atoms with Crippen LogP contribution in [0.5, 0.6) is 0 Å². The molecule has 4 nitrogen and oxygen atoms in total. The van der Waals surface area contributed by atoms with E-state index in [1.54, 1.807) is 6.92 Å². The Morgan fingerprint density at radius 2 is 2.09 bits per heavy atom. The van der Waals surface area contributed by atoms with Crippen molar-refractivity contribution in [3.05, 3.63) is 35.4 Å². The number of hydrogen-bond acceptors (Lipinski definition) is 2. The number of carbonyl (C=O) groups is 2. The molecule has 3 rings (SSSR count). The van der Waals surface area contributed by atoms with Crippen LogP contribution in [0.15, 0.2) is 24.3 Å². The first-order valence-corrected chi connectivity index (χ1v) is 8.07. The molecule has 2 fully saturated rings. The van der Waals surface area contributed by atoms with Crippen LogP contribution in [0.3, 0.4) is 0 Å². The van der Waals surface area contributed by atoms with Gasteiger partial charge in [0, 0.05) is 18.5 Å². The fourth-order valence-corrected chi connectivity index (χ4v) is 3.13. The molecule has 3 atom stereocenters. The quantitative estimate of drug-likeness (QED) is 0.879. The van der Waals surface area contributed by atoms with Crippen molar-refractivity contribution in [2.75, 3.05) is 6.54 Å². The minimum absolute atomic E-state index is 0.0448. The summed E-state index contributed by atoms with van der Waals surface area (Å²) in [6, 6.07) is 8.61. The summed E-state index contributed by atoms with van der Waals surface area (Å²) >= 11 is 0. The maximum Gasteiger partial charge on any atom is 0.308 e. The average molecular weight is 301 g/mol. The van der Waals surface area contributed by atoms with E-state index in [0.29, 0.717) is 12.5 Å². The van der Waals surface area contributed by atoms with Gasteiger partial charge in [-0.05, 0) is 37.7 Å². The Kier molecular flexibility index (Phi) is 3.94. The van der Waals surface area contributed by atoms with Crippen LogP contribution in [0.25, 0.3) is 0 Å². The summed E-state index contributed by atoms with van der Waals surface area (Å²) < 4.78 is 0. The lowest BCUT2D eigenvalue weighted by Crippen LogP contribution is -2.39. The van der Waals surface area contributed by atoms with Gasteiger partial charge in [0.25, 0.3) is 0 Å². The molecule has 0 heterocycles. The van der Waals surface area contributed by atoms with E-state index < -0.39 is 11.9 Å². The number of aliphatic carboxylic acids is 1. The molecule has 0 bridgehead atoms. The van der Waals surface area contributed by atoms with Crippen molar-refractivity contribution in [2.24, 2.45) is 11.8 Å². The lowest BCUT2D eigenvalue weighted by molar-refractivity contribution is -0.143. The summed E-state index contributed by atoms with van der Waals surface area (Å²) in [5, 5.41) is 9.09. The van der Waals surface area contributed by atoms with Gasteiger partial charge in [-0.2, -0.15) is 0 Å². The molecule has 1 amide bonds. The number of rotatable bonds is 6. The van der Waals surface area contributed by atoms with Crippen LogP contribution in [0.1, 0.15) is 43.2 Å². The number of nitrogens with zero attached hydrogens (tertiary/aromatic N) is 1. The predicted octanol–water partition coefficient (Wildman–Crippen LogP) is 2.81. The van der Waals surface area contributed by atoms with E-state index in [4.69, 9.17) is 5.11 Å². The Labute approximate surface area is 131 Å². The molecule has 1 N–H and O–H groups in total. The number of benzene rings is 1. The maximum absolute atomic E-state index is 12.7. The minimum Gasteiger partial charge on any atom is -0.481 e. The number of carbonyl (C=O) groups excluding carboxylic acids is 1. The van der Waals surface area contributed by atoms with Crippen LogP contribution in [-0.4, -0.2) is 34.5 Å². The Balaban J connectivity index is 1.66. The summed E-state index contributed by atoms with van der Waals surface area (Å²) in [5.41, 5.74) is 2.45. The molecular weight excluding hydrogens is 278 g/mol. The Morgan fingerprint density at radius 3 is 2.68 bits per heavy atom. The molecule has 1 aromatic rings. The van der Waals surface area contributed by atoms with Crippen molar-refractivity contribution in [3.8, 4) is 0 Å². The van der Waals surface area contributed by atoms with Crippen LogP contribution in [0.2, 0.25) is 0 Å². The standard InChI is InChI=1S/C18H23NO3/c1-11-4-3-5-13(8-11)15-9-16(15)17(20)19(14-6-7-14)10-12(2)18(21)22/h3-5,8,12,14-16H,6-7,9-10H2,1-2H3,(H,21,22)/t12?,15-,16+/m0/s1. The van der Waals surface area contributed by atoms with E-state index >= 15 is 0 Å². The van der Waals surface area contributed by atoms with Crippen molar-refractivity contribution in [3.63, 3.8) is 0 Å². The van der Waals surface area contributed by atoms with Gasteiger partial charge in [-0.15, -0.1) is 0 Å². The highest BCUT2D eigenvalue weighted by atomic mass is 16.4. The number of amides is 1. The summed E-state index contributed by atoms with van der Waals surface area (Å²) in [6.45, 7) is 4.08. The van der Waals surface area contributed by atoms with Crippen LogP contribution in [0, 0.1) is 18.8 Å². The van der Waals surface area contributed by atoms with Crippen molar-refractivity contribution >= 4 is 11.9 Å². The van der Waals surface area contributed by atoms with Crippen molar-refractivity contribution in [1.82, 2.24) is 4.90 Å². The Hall–Kier alpha value is -1.84. The Morgan fingerprint density at radius 1 is 1.36 bits per heavy atom. The van der Waals surface area contributed by atoms with E-state index in [0.717, 1.165) is 19.3 Å². The molecule has 0 aliphatic heterocycles. The fraction of sp³-hybridized carbons (Fsp3) is 0.556. The van der Waals surface area contributed by atoms with Gasteiger partial charge >= 0.3 is 5.97 Å². The molecule has 2 aliphatic carbocycles.